The molecule has 1 aromatic carbocycles. The molecule has 1 aromatic heterocycles. The van der Waals surface area contributed by atoms with Crippen molar-refractivity contribution < 1.29 is 0 Å². The molecule has 0 N–H and O–H groups in total. The molecule has 0 unspecified atom stereocenters. The largest absolute Gasteiger partial charge is 0.245 e. The van der Waals surface area contributed by atoms with E-state index in [1.54, 1.807) is 11.3 Å². The van der Waals surface area contributed by atoms with Crippen LogP contribution < -0.4 is 0 Å². The molecule has 1 nitrogen and oxygen atoms in total. The van der Waals surface area contributed by atoms with Gasteiger partial charge in [-0.3, -0.25) is 0 Å². The SMILES string of the molecule is Cc1ccccc1-c1sc(CCl)nc1C. The molecule has 2 aromatic rings. The second kappa shape index (κ2) is 4.33. The molecule has 78 valence electrons. The van der Waals surface area contributed by atoms with Crippen molar-refractivity contribution in [2.75, 3.05) is 0 Å². The van der Waals surface area contributed by atoms with Gasteiger partial charge in [-0.25, -0.2) is 4.98 Å². The van der Waals surface area contributed by atoms with E-state index in [2.05, 4.69) is 36.2 Å². The first kappa shape index (κ1) is 10.7. The second-order valence-electron chi connectivity index (χ2n) is 3.47. The minimum absolute atomic E-state index is 0.497. The molecule has 0 saturated carbocycles. The standard InChI is InChI=1S/C12H12ClNS/c1-8-5-3-4-6-10(8)12-9(2)14-11(7-13)15-12/h3-6H,7H2,1-2H3. The molecule has 0 bridgehead atoms. The lowest BCUT2D eigenvalue weighted by Gasteiger charge is -2.02. The zero-order valence-electron chi connectivity index (χ0n) is 8.75. The summed E-state index contributed by atoms with van der Waals surface area (Å²) in [6, 6.07) is 8.36. The minimum Gasteiger partial charge on any atom is -0.245 e. The first-order valence-corrected chi connectivity index (χ1v) is 6.15. The fraction of sp³-hybridized carbons (Fsp3) is 0.250. The summed E-state index contributed by atoms with van der Waals surface area (Å²) in [6.07, 6.45) is 0. The Bertz CT molecular complexity index is 476. The highest BCUT2D eigenvalue weighted by molar-refractivity contribution is 7.15. The van der Waals surface area contributed by atoms with Crippen LogP contribution in [0.25, 0.3) is 10.4 Å². The molecule has 0 atom stereocenters. The number of rotatable bonds is 2. The summed E-state index contributed by atoms with van der Waals surface area (Å²) in [5, 5.41) is 0.993. The highest BCUT2D eigenvalue weighted by Gasteiger charge is 2.10. The second-order valence-corrected chi connectivity index (χ2v) is 4.82. The molecule has 0 spiro atoms. The number of nitrogens with zero attached hydrogens (tertiary/aromatic N) is 1. The fourth-order valence-corrected chi connectivity index (χ4v) is 2.82. The molecule has 0 amide bonds. The molecule has 15 heavy (non-hydrogen) atoms. The van der Waals surface area contributed by atoms with Crippen molar-refractivity contribution >= 4 is 22.9 Å². The van der Waals surface area contributed by atoms with Crippen molar-refractivity contribution in [2.24, 2.45) is 0 Å². The third kappa shape index (κ3) is 2.06. The maximum Gasteiger partial charge on any atom is 0.108 e. The lowest BCUT2D eigenvalue weighted by atomic mass is 10.1. The van der Waals surface area contributed by atoms with E-state index < -0.39 is 0 Å². The Morgan fingerprint density at radius 2 is 2.00 bits per heavy atom. The van der Waals surface area contributed by atoms with Gasteiger partial charge in [0.05, 0.1) is 16.5 Å². The monoisotopic (exact) mass is 237 g/mol. The topological polar surface area (TPSA) is 12.9 Å². The first-order chi connectivity index (χ1) is 7.22. The maximum absolute atomic E-state index is 5.79. The Morgan fingerprint density at radius 3 is 2.60 bits per heavy atom. The van der Waals surface area contributed by atoms with Crippen molar-refractivity contribution in [3.8, 4) is 10.4 Å². The van der Waals surface area contributed by atoms with Crippen LogP contribution in [0.4, 0.5) is 0 Å². The zero-order valence-corrected chi connectivity index (χ0v) is 10.3. The molecule has 0 saturated heterocycles. The van der Waals surface area contributed by atoms with Crippen LogP contribution in [0.1, 0.15) is 16.3 Å². The van der Waals surface area contributed by atoms with E-state index in [9.17, 15) is 0 Å². The summed E-state index contributed by atoms with van der Waals surface area (Å²) in [5.74, 6) is 0.497. The molecule has 2 rings (SSSR count). The molecule has 0 radical (unpaired) electrons. The van der Waals surface area contributed by atoms with Gasteiger partial charge in [0.25, 0.3) is 0 Å². The predicted octanol–water partition coefficient (Wildman–Crippen LogP) is 4.17. The van der Waals surface area contributed by atoms with Gasteiger partial charge in [-0.1, -0.05) is 24.3 Å². The number of halogens is 1. The Morgan fingerprint density at radius 1 is 1.27 bits per heavy atom. The molecule has 0 aliphatic carbocycles. The average Bonchev–Trinajstić information content (AvgIpc) is 2.60. The maximum atomic E-state index is 5.79. The van der Waals surface area contributed by atoms with Gasteiger partial charge >= 0.3 is 0 Å². The van der Waals surface area contributed by atoms with Crippen LogP contribution in [0, 0.1) is 13.8 Å². The van der Waals surface area contributed by atoms with Crippen molar-refractivity contribution in [3.05, 3.63) is 40.5 Å². The highest BCUT2D eigenvalue weighted by atomic mass is 35.5. The summed E-state index contributed by atoms with van der Waals surface area (Å²) < 4.78 is 0. The van der Waals surface area contributed by atoms with Crippen LogP contribution in [0.2, 0.25) is 0 Å². The lowest BCUT2D eigenvalue weighted by molar-refractivity contribution is 1.18. The quantitative estimate of drug-likeness (QED) is 0.715. The van der Waals surface area contributed by atoms with E-state index in [1.165, 1.54) is 16.0 Å². The van der Waals surface area contributed by atoms with Gasteiger partial charge in [0.15, 0.2) is 0 Å². The molecular formula is C12H12ClNS. The van der Waals surface area contributed by atoms with Gasteiger partial charge in [-0.2, -0.15) is 0 Å². The number of alkyl halides is 1. The van der Waals surface area contributed by atoms with Gasteiger partial charge < -0.3 is 0 Å². The molecule has 0 aliphatic heterocycles. The number of hydrogen-bond donors (Lipinski definition) is 0. The highest BCUT2D eigenvalue weighted by Crippen LogP contribution is 2.32. The summed E-state index contributed by atoms with van der Waals surface area (Å²) >= 11 is 7.47. The molecule has 1 heterocycles. The molecule has 0 fully saturated rings. The molecule has 0 aliphatic rings. The first-order valence-electron chi connectivity index (χ1n) is 4.80. The summed E-state index contributed by atoms with van der Waals surface area (Å²) in [5.41, 5.74) is 3.62. The van der Waals surface area contributed by atoms with E-state index in [-0.39, 0.29) is 0 Å². The summed E-state index contributed by atoms with van der Waals surface area (Å²) in [7, 11) is 0. The number of hydrogen-bond acceptors (Lipinski definition) is 2. The van der Waals surface area contributed by atoms with Crippen molar-refractivity contribution in [1.82, 2.24) is 4.98 Å². The van der Waals surface area contributed by atoms with Crippen LogP contribution in [0.5, 0.6) is 0 Å². The normalized spacial score (nSPS) is 10.6. The molecule has 3 heteroatoms. The van der Waals surface area contributed by atoms with Crippen LogP contribution in [-0.4, -0.2) is 4.98 Å². The number of aromatic nitrogens is 1. The summed E-state index contributed by atoms with van der Waals surface area (Å²) in [6.45, 7) is 4.16. The van der Waals surface area contributed by atoms with Gasteiger partial charge in [0, 0.05) is 0 Å². The van der Waals surface area contributed by atoms with E-state index in [1.807, 2.05) is 6.92 Å². The number of thiazole rings is 1. The van der Waals surface area contributed by atoms with Gasteiger partial charge in [-0.05, 0) is 25.0 Å². The Kier molecular flexibility index (Phi) is 3.08. The summed E-state index contributed by atoms with van der Waals surface area (Å²) in [4.78, 5) is 5.67. The number of benzene rings is 1. The smallest absolute Gasteiger partial charge is 0.108 e. The predicted molar refractivity (Wildman–Crippen MR) is 66.6 cm³/mol. The van der Waals surface area contributed by atoms with E-state index >= 15 is 0 Å². The van der Waals surface area contributed by atoms with E-state index in [0.717, 1.165) is 10.7 Å². The Balaban J connectivity index is 2.54. The Hall–Kier alpha value is -0.860. The van der Waals surface area contributed by atoms with Crippen LogP contribution >= 0.6 is 22.9 Å². The van der Waals surface area contributed by atoms with Gasteiger partial charge in [0.2, 0.25) is 0 Å². The average molecular weight is 238 g/mol. The zero-order chi connectivity index (χ0) is 10.8. The lowest BCUT2D eigenvalue weighted by Crippen LogP contribution is -1.81. The van der Waals surface area contributed by atoms with E-state index in [0.29, 0.717) is 5.88 Å². The van der Waals surface area contributed by atoms with Crippen molar-refractivity contribution in [3.63, 3.8) is 0 Å². The van der Waals surface area contributed by atoms with Gasteiger partial charge in [-0.15, -0.1) is 22.9 Å². The Labute approximate surface area is 98.7 Å². The van der Waals surface area contributed by atoms with Gasteiger partial charge in [0.1, 0.15) is 5.01 Å². The number of aryl methyl sites for hydroxylation is 2. The van der Waals surface area contributed by atoms with Crippen LogP contribution in [-0.2, 0) is 5.88 Å². The third-order valence-electron chi connectivity index (χ3n) is 2.34. The van der Waals surface area contributed by atoms with Crippen molar-refractivity contribution in [2.45, 2.75) is 19.7 Å². The van der Waals surface area contributed by atoms with Crippen molar-refractivity contribution in [1.29, 1.82) is 0 Å². The van der Waals surface area contributed by atoms with Crippen LogP contribution in [0.3, 0.4) is 0 Å². The van der Waals surface area contributed by atoms with E-state index in [4.69, 9.17) is 11.6 Å². The fourth-order valence-electron chi connectivity index (χ4n) is 1.59. The molecular weight excluding hydrogens is 226 g/mol. The minimum atomic E-state index is 0.497. The third-order valence-corrected chi connectivity index (χ3v) is 3.95. The van der Waals surface area contributed by atoms with Crippen LogP contribution in [0.15, 0.2) is 24.3 Å².